The second-order valence-corrected chi connectivity index (χ2v) is 6.42. The van der Waals surface area contributed by atoms with Gasteiger partial charge in [0.1, 0.15) is 5.82 Å². The number of aliphatic hydroxyl groups is 2. The lowest BCUT2D eigenvalue weighted by Gasteiger charge is -2.43. The lowest BCUT2D eigenvalue weighted by molar-refractivity contribution is -0.103. The number of nitrogens with zero attached hydrogens (tertiary/aromatic N) is 2. The predicted octanol–water partition coefficient (Wildman–Crippen LogP) is 1.13. The summed E-state index contributed by atoms with van der Waals surface area (Å²) in [4.78, 5) is 17.3. The minimum Gasteiger partial charge on any atom is -0.393 e. The highest BCUT2D eigenvalue weighted by molar-refractivity contribution is 6.35. The summed E-state index contributed by atoms with van der Waals surface area (Å²) in [6.07, 6.45) is 0.585. The molecule has 1 saturated carbocycles. The summed E-state index contributed by atoms with van der Waals surface area (Å²) in [6, 6.07) is 4.44. The maximum absolute atomic E-state index is 12.8. The monoisotopic (exact) mass is 323 g/mol. The minimum atomic E-state index is -1.13. The van der Waals surface area contributed by atoms with Gasteiger partial charge in [-0.1, -0.05) is 17.7 Å². The molecular weight excluding hydrogens is 306 g/mol. The number of hydrogen-bond acceptors (Lipinski definition) is 5. The zero-order valence-corrected chi connectivity index (χ0v) is 12.9. The van der Waals surface area contributed by atoms with Crippen molar-refractivity contribution in [2.75, 3.05) is 6.61 Å². The van der Waals surface area contributed by atoms with Crippen molar-refractivity contribution in [2.24, 2.45) is 5.73 Å². The molecule has 1 aromatic carbocycles. The Balaban J connectivity index is 2.20. The number of halogens is 1. The molecule has 3 rings (SSSR count). The van der Waals surface area contributed by atoms with Crippen molar-refractivity contribution in [3.05, 3.63) is 39.4 Å². The summed E-state index contributed by atoms with van der Waals surface area (Å²) in [6.45, 7) is 1.43. The van der Waals surface area contributed by atoms with E-state index in [9.17, 15) is 15.0 Å². The quantitative estimate of drug-likeness (QED) is 0.786. The van der Waals surface area contributed by atoms with Gasteiger partial charge >= 0.3 is 0 Å². The van der Waals surface area contributed by atoms with Crippen LogP contribution in [0.5, 0.6) is 0 Å². The number of aliphatic hydroxyl groups excluding tert-OH is 1. The van der Waals surface area contributed by atoms with E-state index in [2.05, 4.69) is 4.98 Å². The van der Waals surface area contributed by atoms with Crippen molar-refractivity contribution in [3.63, 3.8) is 0 Å². The molecule has 0 bridgehead atoms. The van der Waals surface area contributed by atoms with Crippen LogP contribution in [0.2, 0.25) is 5.02 Å². The van der Waals surface area contributed by atoms with Crippen LogP contribution in [0, 0.1) is 0 Å². The van der Waals surface area contributed by atoms with E-state index in [0.717, 1.165) is 0 Å². The molecule has 1 aliphatic rings. The van der Waals surface area contributed by atoms with Gasteiger partial charge in [-0.2, -0.15) is 0 Å². The Morgan fingerprint density at radius 1 is 1.55 bits per heavy atom. The molecule has 6 nitrogen and oxygen atoms in total. The van der Waals surface area contributed by atoms with Gasteiger partial charge in [-0.25, -0.2) is 4.98 Å². The molecule has 1 heterocycles. The third kappa shape index (κ3) is 2.32. The Bertz CT molecular complexity index is 781. The van der Waals surface area contributed by atoms with Crippen molar-refractivity contribution in [2.45, 2.75) is 37.5 Å². The predicted molar refractivity (Wildman–Crippen MR) is 83.9 cm³/mol. The second kappa shape index (κ2) is 5.31. The fraction of sp³-hybridized carbons (Fsp3) is 0.467. The Morgan fingerprint density at radius 3 is 2.82 bits per heavy atom. The average Bonchev–Trinajstić information content (AvgIpc) is 2.44. The Hall–Kier alpha value is -1.47. The highest BCUT2D eigenvalue weighted by Gasteiger charge is 2.44. The zero-order valence-electron chi connectivity index (χ0n) is 12.2. The Labute approximate surface area is 132 Å². The molecule has 0 saturated heterocycles. The molecule has 0 unspecified atom stereocenters. The Morgan fingerprint density at radius 2 is 2.23 bits per heavy atom. The molecular formula is C15H18ClN3O3. The first kappa shape index (κ1) is 15.4. The number of rotatable bonds is 3. The van der Waals surface area contributed by atoms with Gasteiger partial charge in [-0.3, -0.25) is 9.36 Å². The summed E-state index contributed by atoms with van der Waals surface area (Å²) in [7, 11) is 0. The second-order valence-electron chi connectivity index (χ2n) is 6.01. The zero-order chi connectivity index (χ0) is 16.1. The van der Waals surface area contributed by atoms with Gasteiger partial charge in [-0.05, 0) is 31.9 Å². The molecule has 1 atom stereocenters. The van der Waals surface area contributed by atoms with Gasteiger partial charge in [0.05, 0.1) is 34.2 Å². The molecule has 0 aliphatic heterocycles. The van der Waals surface area contributed by atoms with Gasteiger partial charge in [-0.15, -0.1) is 0 Å². The fourth-order valence-electron chi connectivity index (χ4n) is 3.02. The van der Waals surface area contributed by atoms with E-state index in [1.807, 2.05) is 0 Å². The molecule has 0 radical (unpaired) electrons. The van der Waals surface area contributed by atoms with E-state index in [1.165, 1.54) is 4.57 Å². The Kier molecular flexibility index (Phi) is 3.72. The first-order valence-electron chi connectivity index (χ1n) is 7.16. The van der Waals surface area contributed by atoms with Crippen molar-refractivity contribution >= 4 is 22.5 Å². The van der Waals surface area contributed by atoms with Crippen molar-refractivity contribution in [1.29, 1.82) is 0 Å². The summed E-state index contributed by atoms with van der Waals surface area (Å²) in [5.74, 6) is 0.463. The van der Waals surface area contributed by atoms with Crippen molar-refractivity contribution < 1.29 is 10.2 Å². The summed E-state index contributed by atoms with van der Waals surface area (Å²) in [5.41, 5.74) is 5.09. The van der Waals surface area contributed by atoms with Gasteiger partial charge < -0.3 is 15.9 Å². The van der Waals surface area contributed by atoms with Crippen molar-refractivity contribution in [3.8, 4) is 0 Å². The largest absolute Gasteiger partial charge is 0.393 e. The molecule has 0 spiro atoms. The minimum absolute atomic E-state index is 0.237. The molecule has 1 aliphatic carbocycles. The fourth-order valence-corrected chi connectivity index (χ4v) is 3.27. The number of nitrogens with two attached hydrogens (primary N) is 1. The summed E-state index contributed by atoms with van der Waals surface area (Å²) in [5, 5.41) is 19.9. The van der Waals surface area contributed by atoms with Crippen LogP contribution in [0.1, 0.15) is 37.7 Å². The normalized spacial score (nSPS) is 26.0. The highest BCUT2D eigenvalue weighted by Crippen LogP contribution is 2.41. The van der Waals surface area contributed by atoms with E-state index in [1.54, 1.807) is 25.1 Å². The van der Waals surface area contributed by atoms with Crippen LogP contribution in [0.3, 0.4) is 0 Å². The van der Waals surface area contributed by atoms with Gasteiger partial charge in [0.25, 0.3) is 5.56 Å². The molecule has 118 valence electrons. The lowest BCUT2D eigenvalue weighted by Crippen LogP contribution is -2.50. The smallest absolute Gasteiger partial charge is 0.263 e. The maximum Gasteiger partial charge on any atom is 0.263 e. The standard InChI is InChI=1S/C15H18ClN3O3/c1-8(17)13-18-11-4-2-3-10(16)12(11)14(21)19(13)9-5-15(22,6-9)7-20/h2-4,8-9,20,22H,5-7,17H2,1H3/t8-,9?,15?/m0/s1. The lowest BCUT2D eigenvalue weighted by atomic mass is 9.76. The third-order valence-corrected chi connectivity index (χ3v) is 4.52. The van der Waals surface area contributed by atoms with Crippen molar-refractivity contribution in [1.82, 2.24) is 9.55 Å². The topological polar surface area (TPSA) is 101 Å². The summed E-state index contributed by atoms with van der Waals surface area (Å²) >= 11 is 6.14. The first-order chi connectivity index (χ1) is 10.4. The number of hydrogen-bond donors (Lipinski definition) is 3. The molecule has 1 aromatic heterocycles. The van der Waals surface area contributed by atoms with E-state index in [4.69, 9.17) is 17.3 Å². The number of aromatic nitrogens is 2. The van der Waals surface area contributed by atoms with Crippen LogP contribution < -0.4 is 11.3 Å². The average molecular weight is 324 g/mol. The molecule has 2 aromatic rings. The SMILES string of the molecule is C[C@H](N)c1nc2cccc(Cl)c2c(=O)n1C1CC(O)(CO)C1. The van der Waals surface area contributed by atoms with E-state index in [-0.39, 0.29) is 18.2 Å². The number of fused-ring (bicyclic) bond motifs is 1. The number of benzene rings is 1. The van der Waals surface area contributed by atoms with Crippen LogP contribution in [-0.2, 0) is 0 Å². The molecule has 1 fully saturated rings. The van der Waals surface area contributed by atoms with E-state index < -0.39 is 11.6 Å². The summed E-state index contributed by atoms with van der Waals surface area (Å²) < 4.78 is 1.52. The molecule has 0 amide bonds. The molecule has 4 N–H and O–H groups in total. The first-order valence-corrected chi connectivity index (χ1v) is 7.53. The van der Waals surface area contributed by atoms with Crippen LogP contribution in [0.4, 0.5) is 0 Å². The highest BCUT2D eigenvalue weighted by atomic mass is 35.5. The van der Waals surface area contributed by atoms with Crippen LogP contribution in [-0.4, -0.2) is 32.0 Å². The van der Waals surface area contributed by atoms with Crippen LogP contribution in [0.15, 0.2) is 23.0 Å². The van der Waals surface area contributed by atoms with Gasteiger partial charge in [0.15, 0.2) is 0 Å². The van der Waals surface area contributed by atoms with Gasteiger partial charge in [0.2, 0.25) is 0 Å². The van der Waals surface area contributed by atoms with Gasteiger partial charge in [0, 0.05) is 6.04 Å². The van der Waals surface area contributed by atoms with E-state index in [0.29, 0.717) is 34.6 Å². The van der Waals surface area contributed by atoms with E-state index >= 15 is 0 Å². The third-order valence-electron chi connectivity index (χ3n) is 4.20. The van der Waals surface area contributed by atoms with Crippen LogP contribution >= 0.6 is 11.6 Å². The molecule has 7 heteroatoms. The maximum atomic E-state index is 12.8. The molecule has 22 heavy (non-hydrogen) atoms. The van der Waals surface area contributed by atoms with Crippen LogP contribution in [0.25, 0.3) is 10.9 Å².